The van der Waals surface area contributed by atoms with E-state index >= 15 is 0 Å². The topological polar surface area (TPSA) is 11.3 Å². The summed E-state index contributed by atoms with van der Waals surface area (Å²) in [7, 11) is 0. The highest BCUT2D eigenvalue weighted by molar-refractivity contribution is 5.69. The lowest BCUT2D eigenvalue weighted by atomic mass is 10.0. The molecule has 2 aromatic carbocycles. The van der Waals surface area contributed by atoms with Gasteiger partial charge in [0.1, 0.15) is 0 Å². The molecule has 0 saturated carbocycles. The van der Waals surface area contributed by atoms with Gasteiger partial charge in [0.25, 0.3) is 0 Å². The molecule has 3 rings (SSSR count). The molecule has 0 bridgehead atoms. The van der Waals surface area contributed by atoms with Gasteiger partial charge in [-0.3, -0.25) is 0 Å². The summed E-state index contributed by atoms with van der Waals surface area (Å²) in [5, 5.41) is 0. The lowest BCUT2D eigenvalue weighted by molar-refractivity contribution is 0.494. The Kier molecular flexibility index (Phi) is 5.21. The summed E-state index contributed by atoms with van der Waals surface area (Å²) in [6, 6.07) is 25.2. The van der Waals surface area contributed by atoms with Crippen LogP contribution < -0.4 is 0 Å². The zero-order valence-corrected chi connectivity index (χ0v) is 13.7. The molecule has 0 aliphatic heterocycles. The molecular formula is C22H23O+. The second-order valence-corrected chi connectivity index (χ2v) is 5.87. The van der Waals surface area contributed by atoms with Crippen molar-refractivity contribution >= 4 is 0 Å². The summed E-state index contributed by atoms with van der Waals surface area (Å²) in [6.07, 6.45) is 4.64. The van der Waals surface area contributed by atoms with Crippen LogP contribution in [0.25, 0.3) is 22.5 Å². The third kappa shape index (κ3) is 4.07. The molecule has 0 spiro atoms. The molecule has 0 aliphatic rings. The van der Waals surface area contributed by atoms with E-state index in [4.69, 9.17) is 4.42 Å². The average molecular weight is 303 g/mol. The summed E-state index contributed by atoms with van der Waals surface area (Å²) in [4.78, 5) is 0. The van der Waals surface area contributed by atoms with Gasteiger partial charge in [-0.1, -0.05) is 68.3 Å². The smallest absolute Gasteiger partial charge is 0.212 e. The van der Waals surface area contributed by atoms with Gasteiger partial charge in [-0.15, -0.1) is 0 Å². The van der Waals surface area contributed by atoms with Gasteiger partial charge in [0, 0.05) is 11.6 Å². The van der Waals surface area contributed by atoms with Gasteiger partial charge in [-0.25, -0.2) is 4.42 Å². The predicted molar refractivity (Wildman–Crippen MR) is 97.2 cm³/mol. The van der Waals surface area contributed by atoms with Crippen molar-refractivity contribution in [1.29, 1.82) is 0 Å². The van der Waals surface area contributed by atoms with Crippen LogP contribution in [0, 0.1) is 0 Å². The maximum Gasteiger partial charge on any atom is 0.360 e. The summed E-state index contributed by atoms with van der Waals surface area (Å²) in [5.41, 5.74) is 3.58. The Morgan fingerprint density at radius 1 is 0.696 bits per heavy atom. The van der Waals surface area contributed by atoms with Crippen molar-refractivity contribution in [3.8, 4) is 22.5 Å². The standard InChI is InChI=1S/C22H23O/c1-2-3-6-15-21-16-20(18-11-7-4-8-12-18)17-22(23-21)19-13-9-5-10-14-19/h4-5,7-14,16-17H,2-3,6,15H2,1H3/q+1. The second-order valence-electron chi connectivity index (χ2n) is 5.87. The molecule has 0 radical (unpaired) electrons. The molecule has 23 heavy (non-hydrogen) atoms. The molecule has 0 amide bonds. The second kappa shape index (κ2) is 7.73. The van der Waals surface area contributed by atoms with E-state index in [2.05, 4.69) is 73.7 Å². The monoisotopic (exact) mass is 303 g/mol. The number of hydrogen-bond acceptors (Lipinski definition) is 0. The van der Waals surface area contributed by atoms with Crippen molar-refractivity contribution in [3.63, 3.8) is 0 Å². The number of aryl methyl sites for hydroxylation is 1. The highest BCUT2D eigenvalue weighted by atomic mass is 16.3. The first-order chi connectivity index (χ1) is 11.4. The van der Waals surface area contributed by atoms with Crippen LogP contribution in [-0.4, -0.2) is 0 Å². The zero-order valence-electron chi connectivity index (χ0n) is 13.7. The molecule has 1 nitrogen and oxygen atoms in total. The quantitative estimate of drug-likeness (QED) is 0.367. The molecule has 0 N–H and O–H groups in total. The molecule has 3 aromatic rings. The molecule has 0 unspecified atom stereocenters. The van der Waals surface area contributed by atoms with Crippen LogP contribution in [0.3, 0.4) is 0 Å². The molecule has 0 atom stereocenters. The van der Waals surface area contributed by atoms with Crippen LogP contribution in [0.2, 0.25) is 0 Å². The average Bonchev–Trinajstić information content (AvgIpc) is 2.63. The molecule has 1 heterocycles. The van der Waals surface area contributed by atoms with Crippen LogP contribution in [0.4, 0.5) is 0 Å². The minimum atomic E-state index is 0.943. The van der Waals surface area contributed by atoms with Crippen LogP contribution in [0.15, 0.2) is 77.2 Å². The van der Waals surface area contributed by atoms with Gasteiger partial charge in [-0.05, 0) is 24.1 Å². The van der Waals surface area contributed by atoms with Crippen molar-refractivity contribution in [1.82, 2.24) is 0 Å². The maximum absolute atomic E-state index is 6.17. The minimum Gasteiger partial charge on any atom is -0.212 e. The van der Waals surface area contributed by atoms with Gasteiger partial charge < -0.3 is 0 Å². The van der Waals surface area contributed by atoms with E-state index in [1.54, 1.807) is 0 Å². The molecule has 0 aliphatic carbocycles. The van der Waals surface area contributed by atoms with Crippen molar-refractivity contribution in [2.75, 3.05) is 0 Å². The normalized spacial score (nSPS) is 10.7. The van der Waals surface area contributed by atoms with E-state index in [0.717, 1.165) is 23.5 Å². The van der Waals surface area contributed by atoms with Crippen LogP contribution in [0.1, 0.15) is 31.9 Å². The van der Waals surface area contributed by atoms with Gasteiger partial charge >= 0.3 is 11.5 Å². The van der Waals surface area contributed by atoms with Crippen LogP contribution >= 0.6 is 0 Å². The van der Waals surface area contributed by atoms with Gasteiger partial charge in [0.15, 0.2) is 0 Å². The fourth-order valence-corrected chi connectivity index (χ4v) is 2.77. The van der Waals surface area contributed by atoms with E-state index in [1.165, 1.54) is 30.4 Å². The van der Waals surface area contributed by atoms with Gasteiger partial charge in [-0.2, -0.15) is 0 Å². The van der Waals surface area contributed by atoms with E-state index in [1.807, 2.05) is 6.07 Å². The Labute approximate surface area is 138 Å². The first kappa shape index (κ1) is 15.5. The summed E-state index contributed by atoms with van der Waals surface area (Å²) in [6.45, 7) is 2.23. The van der Waals surface area contributed by atoms with Gasteiger partial charge in [0.05, 0.1) is 18.1 Å². The molecule has 0 fully saturated rings. The van der Waals surface area contributed by atoms with Crippen LogP contribution in [-0.2, 0) is 6.42 Å². The number of hydrogen-bond donors (Lipinski definition) is 0. The zero-order chi connectivity index (χ0) is 15.9. The van der Waals surface area contributed by atoms with Gasteiger partial charge in [0.2, 0.25) is 0 Å². The molecular weight excluding hydrogens is 280 g/mol. The van der Waals surface area contributed by atoms with Crippen LogP contribution in [0.5, 0.6) is 0 Å². The van der Waals surface area contributed by atoms with E-state index in [9.17, 15) is 0 Å². The molecule has 0 saturated heterocycles. The molecule has 1 heteroatoms. The fourth-order valence-electron chi connectivity index (χ4n) is 2.77. The maximum atomic E-state index is 6.17. The molecule has 116 valence electrons. The summed E-state index contributed by atoms with van der Waals surface area (Å²) < 4.78 is 6.17. The Bertz CT molecular complexity index is 675. The van der Waals surface area contributed by atoms with E-state index in [0.29, 0.717) is 0 Å². The minimum absolute atomic E-state index is 0.943. The Morgan fingerprint density at radius 2 is 1.35 bits per heavy atom. The highest BCUT2D eigenvalue weighted by Crippen LogP contribution is 2.29. The van der Waals surface area contributed by atoms with E-state index in [-0.39, 0.29) is 0 Å². The lowest BCUT2D eigenvalue weighted by Crippen LogP contribution is -1.90. The number of benzene rings is 2. The third-order valence-electron chi connectivity index (χ3n) is 4.04. The first-order valence-electron chi connectivity index (χ1n) is 8.44. The summed E-state index contributed by atoms with van der Waals surface area (Å²) in [5.74, 6) is 2.01. The van der Waals surface area contributed by atoms with Crippen molar-refractivity contribution < 1.29 is 4.42 Å². The third-order valence-corrected chi connectivity index (χ3v) is 4.04. The Hall–Kier alpha value is -2.41. The SMILES string of the molecule is CCCCCc1cc(-c2ccccc2)cc(-c2ccccc2)[o+]1. The summed E-state index contributed by atoms with van der Waals surface area (Å²) >= 11 is 0. The van der Waals surface area contributed by atoms with Crippen molar-refractivity contribution in [2.24, 2.45) is 0 Å². The number of rotatable bonds is 6. The Morgan fingerprint density at radius 3 is 2.00 bits per heavy atom. The Balaban J connectivity index is 2.00. The number of unbranched alkanes of at least 4 members (excludes halogenated alkanes) is 2. The van der Waals surface area contributed by atoms with Crippen molar-refractivity contribution in [3.05, 3.63) is 78.6 Å². The fraction of sp³-hybridized carbons (Fsp3) is 0.227. The largest absolute Gasteiger partial charge is 0.360 e. The lowest BCUT2D eigenvalue weighted by Gasteiger charge is -2.02. The predicted octanol–water partition coefficient (Wildman–Crippen LogP) is 6.63. The first-order valence-corrected chi connectivity index (χ1v) is 8.44. The molecule has 1 aromatic heterocycles. The highest BCUT2D eigenvalue weighted by Gasteiger charge is 2.18. The van der Waals surface area contributed by atoms with E-state index < -0.39 is 0 Å². The van der Waals surface area contributed by atoms with Crippen molar-refractivity contribution in [2.45, 2.75) is 32.6 Å².